The van der Waals surface area contributed by atoms with Gasteiger partial charge in [-0.3, -0.25) is 13.9 Å². The summed E-state index contributed by atoms with van der Waals surface area (Å²) >= 11 is 0. The molecule has 0 aromatic heterocycles. The maximum Gasteiger partial charge on any atom is 0.255 e. The molecule has 0 bridgehead atoms. The van der Waals surface area contributed by atoms with E-state index in [1.807, 2.05) is 0 Å². The van der Waals surface area contributed by atoms with E-state index in [1.165, 1.54) is 4.31 Å². The predicted octanol–water partition coefficient (Wildman–Crippen LogP) is 3.08. The fourth-order valence-electron chi connectivity index (χ4n) is 4.60. The number of nitrogens with zero attached hydrogens (tertiary/aromatic N) is 2. The van der Waals surface area contributed by atoms with E-state index in [9.17, 15) is 18.0 Å². The third-order valence-electron chi connectivity index (χ3n) is 6.38. The summed E-state index contributed by atoms with van der Waals surface area (Å²) in [5.74, 6) is -0.489. The van der Waals surface area contributed by atoms with Crippen LogP contribution in [0.15, 0.2) is 48.5 Å². The van der Waals surface area contributed by atoms with Crippen LogP contribution in [0, 0.1) is 0 Å². The second kappa shape index (κ2) is 10.6. The molecule has 4 rings (SSSR count). The molecule has 2 fully saturated rings. The zero-order chi connectivity index (χ0) is 24.1. The lowest BCUT2D eigenvalue weighted by atomic mass is 10.0. The number of amides is 2. The van der Waals surface area contributed by atoms with E-state index in [0.29, 0.717) is 35.5 Å². The standard InChI is InChI=1S/C25H32N4O4S/c1-2-13-28-15-11-20(12-16-28)26-25(31)22-9-3-4-10-23(22)27-24(30)19-7-5-8-21(18-19)29-14-6-17-34(29,32)33/h3-5,7-10,18,20H,2,6,11-17H2,1H3,(H,26,31)(H,27,30). The monoisotopic (exact) mass is 484 g/mol. The molecule has 2 aromatic carbocycles. The van der Waals surface area contributed by atoms with E-state index in [1.54, 1.807) is 48.5 Å². The highest BCUT2D eigenvalue weighted by Gasteiger charge is 2.29. The molecule has 0 saturated carbocycles. The summed E-state index contributed by atoms with van der Waals surface area (Å²) in [6.07, 6.45) is 3.51. The van der Waals surface area contributed by atoms with Crippen molar-refractivity contribution in [3.8, 4) is 0 Å². The highest BCUT2D eigenvalue weighted by Crippen LogP contribution is 2.25. The number of benzene rings is 2. The van der Waals surface area contributed by atoms with Gasteiger partial charge in [-0.25, -0.2) is 8.42 Å². The zero-order valence-electron chi connectivity index (χ0n) is 19.5. The van der Waals surface area contributed by atoms with Crippen LogP contribution in [0.5, 0.6) is 0 Å². The molecule has 9 heteroatoms. The van der Waals surface area contributed by atoms with Gasteiger partial charge in [0.25, 0.3) is 11.8 Å². The van der Waals surface area contributed by atoms with Crippen molar-refractivity contribution in [1.29, 1.82) is 0 Å². The summed E-state index contributed by atoms with van der Waals surface area (Å²) in [4.78, 5) is 28.4. The molecule has 2 heterocycles. The van der Waals surface area contributed by atoms with Crippen molar-refractivity contribution in [3.63, 3.8) is 0 Å². The smallest absolute Gasteiger partial charge is 0.255 e. The van der Waals surface area contributed by atoms with Gasteiger partial charge >= 0.3 is 0 Å². The number of rotatable bonds is 7. The van der Waals surface area contributed by atoms with Gasteiger partial charge in [0.15, 0.2) is 0 Å². The molecule has 34 heavy (non-hydrogen) atoms. The van der Waals surface area contributed by atoms with E-state index in [4.69, 9.17) is 0 Å². The van der Waals surface area contributed by atoms with Gasteiger partial charge in [0, 0.05) is 31.2 Å². The Kier molecular flexibility index (Phi) is 7.53. The van der Waals surface area contributed by atoms with E-state index >= 15 is 0 Å². The molecule has 0 atom stereocenters. The van der Waals surface area contributed by atoms with E-state index in [-0.39, 0.29) is 17.7 Å². The summed E-state index contributed by atoms with van der Waals surface area (Å²) in [6, 6.07) is 13.6. The highest BCUT2D eigenvalue weighted by atomic mass is 32.2. The minimum absolute atomic E-state index is 0.114. The lowest BCUT2D eigenvalue weighted by molar-refractivity contribution is 0.0912. The predicted molar refractivity (Wildman–Crippen MR) is 134 cm³/mol. The van der Waals surface area contributed by atoms with Gasteiger partial charge in [0.05, 0.1) is 22.7 Å². The molecule has 2 amide bonds. The Labute approximate surface area is 201 Å². The molecule has 8 nitrogen and oxygen atoms in total. The van der Waals surface area contributed by atoms with Crippen LogP contribution in [-0.4, -0.2) is 63.1 Å². The number of sulfonamides is 1. The minimum atomic E-state index is -3.33. The Hall–Kier alpha value is -2.91. The minimum Gasteiger partial charge on any atom is -0.349 e. The van der Waals surface area contributed by atoms with E-state index in [2.05, 4.69) is 22.5 Å². The van der Waals surface area contributed by atoms with Crippen molar-refractivity contribution < 1.29 is 18.0 Å². The van der Waals surface area contributed by atoms with Gasteiger partial charge in [0.2, 0.25) is 10.0 Å². The topological polar surface area (TPSA) is 98.8 Å². The molecule has 2 aliphatic heterocycles. The van der Waals surface area contributed by atoms with Gasteiger partial charge in [-0.05, 0) is 62.6 Å². The maximum absolute atomic E-state index is 13.0. The first-order chi connectivity index (χ1) is 16.4. The van der Waals surface area contributed by atoms with Crippen LogP contribution in [0.25, 0.3) is 0 Å². The average Bonchev–Trinajstić information content (AvgIpc) is 3.19. The number of carbonyl (C=O) groups is 2. The molecular formula is C25H32N4O4S. The Morgan fingerprint density at radius 2 is 1.76 bits per heavy atom. The lowest BCUT2D eigenvalue weighted by Crippen LogP contribution is -2.44. The van der Waals surface area contributed by atoms with Gasteiger partial charge in [0.1, 0.15) is 0 Å². The van der Waals surface area contributed by atoms with Crippen LogP contribution in [0.4, 0.5) is 11.4 Å². The normalized spacial score (nSPS) is 18.6. The first kappa shape index (κ1) is 24.2. The summed E-state index contributed by atoms with van der Waals surface area (Å²) < 4.78 is 25.8. The fourth-order valence-corrected chi connectivity index (χ4v) is 6.15. The van der Waals surface area contributed by atoms with Crippen molar-refractivity contribution in [2.24, 2.45) is 0 Å². The summed E-state index contributed by atoms with van der Waals surface area (Å²) in [5, 5.41) is 5.95. The van der Waals surface area contributed by atoms with Gasteiger partial charge in [-0.15, -0.1) is 0 Å². The quantitative estimate of drug-likeness (QED) is 0.629. The molecule has 0 aliphatic carbocycles. The zero-order valence-corrected chi connectivity index (χ0v) is 20.3. The van der Waals surface area contributed by atoms with Crippen molar-refractivity contribution in [2.45, 2.75) is 38.6 Å². The number of hydrogen-bond donors (Lipinski definition) is 2. The number of para-hydroxylation sites is 1. The Morgan fingerprint density at radius 1 is 1.00 bits per heavy atom. The van der Waals surface area contributed by atoms with Crippen LogP contribution in [0.3, 0.4) is 0 Å². The van der Waals surface area contributed by atoms with Crippen LogP contribution < -0.4 is 14.9 Å². The van der Waals surface area contributed by atoms with Gasteiger partial charge in [-0.2, -0.15) is 0 Å². The number of hydrogen-bond acceptors (Lipinski definition) is 5. The lowest BCUT2D eigenvalue weighted by Gasteiger charge is -2.32. The molecular weight excluding hydrogens is 452 g/mol. The van der Waals surface area contributed by atoms with Crippen molar-refractivity contribution in [1.82, 2.24) is 10.2 Å². The molecule has 0 radical (unpaired) electrons. The third-order valence-corrected chi connectivity index (χ3v) is 8.25. The SMILES string of the molecule is CCCN1CCC(NC(=O)c2ccccc2NC(=O)c2cccc(N3CCCS3(=O)=O)c2)CC1. The molecule has 2 aliphatic rings. The van der Waals surface area contributed by atoms with Crippen LogP contribution in [-0.2, 0) is 10.0 Å². The van der Waals surface area contributed by atoms with Crippen LogP contribution in [0.2, 0.25) is 0 Å². The number of piperidine rings is 1. The first-order valence-corrected chi connectivity index (χ1v) is 13.5. The first-order valence-electron chi connectivity index (χ1n) is 11.9. The molecule has 2 aromatic rings. The van der Waals surface area contributed by atoms with Gasteiger partial charge in [-0.1, -0.05) is 25.1 Å². The second-order valence-electron chi connectivity index (χ2n) is 8.88. The molecule has 182 valence electrons. The molecule has 2 N–H and O–H groups in total. The Bertz CT molecular complexity index is 1140. The van der Waals surface area contributed by atoms with Gasteiger partial charge < -0.3 is 15.5 Å². The summed E-state index contributed by atoms with van der Waals surface area (Å²) in [7, 11) is -3.33. The molecule has 0 unspecified atom stereocenters. The van der Waals surface area contributed by atoms with Crippen LogP contribution in [0.1, 0.15) is 53.3 Å². The number of carbonyl (C=O) groups excluding carboxylic acids is 2. The fraction of sp³-hybridized carbons (Fsp3) is 0.440. The van der Waals surface area contributed by atoms with Crippen molar-refractivity contribution in [2.75, 3.05) is 41.6 Å². The Balaban J connectivity index is 1.44. The average molecular weight is 485 g/mol. The maximum atomic E-state index is 13.0. The summed E-state index contributed by atoms with van der Waals surface area (Å²) in [6.45, 7) is 5.61. The van der Waals surface area contributed by atoms with Crippen molar-refractivity contribution >= 4 is 33.2 Å². The van der Waals surface area contributed by atoms with E-state index in [0.717, 1.165) is 38.9 Å². The number of likely N-dealkylation sites (tertiary alicyclic amines) is 1. The van der Waals surface area contributed by atoms with Crippen LogP contribution >= 0.6 is 0 Å². The highest BCUT2D eigenvalue weighted by molar-refractivity contribution is 7.93. The van der Waals surface area contributed by atoms with Crippen molar-refractivity contribution in [3.05, 3.63) is 59.7 Å². The Morgan fingerprint density at radius 3 is 2.47 bits per heavy atom. The molecule has 0 spiro atoms. The third kappa shape index (κ3) is 5.59. The number of nitrogens with one attached hydrogen (secondary N) is 2. The van der Waals surface area contributed by atoms with E-state index < -0.39 is 15.9 Å². The number of anilines is 2. The largest absolute Gasteiger partial charge is 0.349 e. The summed E-state index contributed by atoms with van der Waals surface area (Å²) in [5.41, 5.74) is 1.64. The second-order valence-corrected chi connectivity index (χ2v) is 10.9. The molecule has 2 saturated heterocycles.